The van der Waals surface area contributed by atoms with Gasteiger partial charge in [0.2, 0.25) is 0 Å². The first kappa shape index (κ1) is 15.4. The minimum atomic E-state index is -4.81. The van der Waals surface area contributed by atoms with Gasteiger partial charge in [-0.15, -0.1) is 13.2 Å². The Balaban J connectivity index is 1.93. The predicted molar refractivity (Wildman–Crippen MR) is 64.2 cm³/mol. The maximum atomic E-state index is 12.2. The third-order valence-electron chi connectivity index (χ3n) is 2.88. The van der Waals surface area contributed by atoms with Crippen molar-refractivity contribution in [2.75, 3.05) is 6.61 Å². The smallest absolute Gasteiger partial charge is 0.487 e. The molecular formula is C13H13F3O5. The number of benzene rings is 1. The van der Waals surface area contributed by atoms with Crippen LogP contribution >= 0.6 is 0 Å². The summed E-state index contributed by atoms with van der Waals surface area (Å²) in [6.07, 6.45) is -5.34. The number of alkyl halides is 3. The second-order valence-electron chi connectivity index (χ2n) is 4.47. The SMILES string of the molecule is O=C(O)C1CCC(COc2ccccc2OC(F)(F)F)O1. The number of halogens is 3. The predicted octanol–water partition coefficient (Wildman–Crippen LogP) is 2.60. The Kier molecular flexibility index (Phi) is 4.56. The standard InChI is InChI=1S/C13H13F3O5/c14-13(15,16)21-10-4-2-1-3-9(10)19-7-8-5-6-11(20-8)12(17)18/h1-4,8,11H,5-7H2,(H,17,18). The highest BCUT2D eigenvalue weighted by atomic mass is 19.4. The van der Waals surface area contributed by atoms with Crippen molar-refractivity contribution in [3.63, 3.8) is 0 Å². The zero-order valence-corrected chi connectivity index (χ0v) is 10.8. The highest BCUT2D eigenvalue weighted by molar-refractivity contribution is 5.72. The minimum Gasteiger partial charge on any atom is -0.487 e. The van der Waals surface area contributed by atoms with Gasteiger partial charge in [0.1, 0.15) is 6.61 Å². The van der Waals surface area contributed by atoms with Gasteiger partial charge in [-0.2, -0.15) is 0 Å². The third-order valence-corrected chi connectivity index (χ3v) is 2.88. The van der Waals surface area contributed by atoms with Crippen molar-refractivity contribution in [3.8, 4) is 11.5 Å². The average molecular weight is 306 g/mol. The molecule has 1 aromatic carbocycles. The maximum Gasteiger partial charge on any atom is 0.573 e. The Morgan fingerprint density at radius 3 is 2.52 bits per heavy atom. The summed E-state index contributed by atoms with van der Waals surface area (Å²) in [5.41, 5.74) is 0. The Labute approximate surface area is 118 Å². The lowest BCUT2D eigenvalue weighted by Crippen LogP contribution is -2.24. The van der Waals surface area contributed by atoms with Gasteiger partial charge in [0.15, 0.2) is 17.6 Å². The van der Waals surface area contributed by atoms with Crippen molar-refractivity contribution >= 4 is 5.97 Å². The fourth-order valence-electron chi connectivity index (χ4n) is 1.97. The molecule has 0 radical (unpaired) electrons. The summed E-state index contributed by atoms with van der Waals surface area (Å²) >= 11 is 0. The van der Waals surface area contributed by atoms with Crippen molar-refractivity contribution < 1.29 is 37.3 Å². The number of carboxylic acid groups (broad SMARTS) is 1. The molecule has 2 rings (SSSR count). The molecule has 5 nitrogen and oxygen atoms in total. The average Bonchev–Trinajstić information content (AvgIpc) is 2.85. The van der Waals surface area contributed by atoms with E-state index in [0.717, 1.165) is 6.07 Å². The summed E-state index contributed by atoms with van der Waals surface area (Å²) in [6, 6.07) is 5.37. The molecule has 0 saturated carbocycles. The molecule has 21 heavy (non-hydrogen) atoms. The van der Waals surface area contributed by atoms with E-state index in [-0.39, 0.29) is 12.4 Å². The summed E-state index contributed by atoms with van der Waals surface area (Å²) in [5, 5.41) is 8.78. The number of aliphatic carboxylic acids is 1. The largest absolute Gasteiger partial charge is 0.573 e. The van der Waals surface area contributed by atoms with Crippen LogP contribution in [-0.4, -0.2) is 36.3 Å². The number of ether oxygens (including phenoxy) is 3. The van der Waals surface area contributed by atoms with E-state index in [0.29, 0.717) is 12.8 Å². The molecule has 1 heterocycles. The third kappa shape index (κ3) is 4.52. The summed E-state index contributed by atoms with van der Waals surface area (Å²) in [7, 11) is 0. The van der Waals surface area contributed by atoms with E-state index in [1.54, 1.807) is 0 Å². The highest BCUT2D eigenvalue weighted by Gasteiger charge is 2.33. The number of carboxylic acids is 1. The molecular weight excluding hydrogens is 293 g/mol. The highest BCUT2D eigenvalue weighted by Crippen LogP contribution is 2.32. The molecule has 116 valence electrons. The summed E-state index contributed by atoms with van der Waals surface area (Å²) in [6.45, 7) is -0.0397. The van der Waals surface area contributed by atoms with Crippen molar-refractivity contribution in [2.45, 2.75) is 31.4 Å². The van der Waals surface area contributed by atoms with Crippen molar-refractivity contribution in [3.05, 3.63) is 24.3 Å². The van der Waals surface area contributed by atoms with Gasteiger partial charge >= 0.3 is 12.3 Å². The van der Waals surface area contributed by atoms with Gasteiger partial charge in [-0.05, 0) is 25.0 Å². The fraction of sp³-hybridized carbons (Fsp3) is 0.462. The van der Waals surface area contributed by atoms with E-state index < -0.39 is 30.3 Å². The van der Waals surface area contributed by atoms with E-state index in [4.69, 9.17) is 14.6 Å². The summed E-state index contributed by atoms with van der Waals surface area (Å²) in [4.78, 5) is 10.7. The molecule has 0 bridgehead atoms. The lowest BCUT2D eigenvalue weighted by atomic mass is 10.2. The topological polar surface area (TPSA) is 65.0 Å². The zero-order chi connectivity index (χ0) is 15.5. The van der Waals surface area contributed by atoms with Crippen molar-refractivity contribution in [1.29, 1.82) is 0 Å². The van der Waals surface area contributed by atoms with Gasteiger partial charge in [0.05, 0.1) is 6.10 Å². The molecule has 0 aromatic heterocycles. The normalized spacial score (nSPS) is 22.0. The lowest BCUT2D eigenvalue weighted by molar-refractivity contribution is -0.275. The van der Waals surface area contributed by atoms with Crippen molar-refractivity contribution in [2.24, 2.45) is 0 Å². The summed E-state index contributed by atoms with van der Waals surface area (Å²) < 4.78 is 51.0. The number of hydrogen-bond acceptors (Lipinski definition) is 4. The van der Waals surface area contributed by atoms with Crippen LogP contribution < -0.4 is 9.47 Å². The number of carbonyl (C=O) groups is 1. The lowest BCUT2D eigenvalue weighted by Gasteiger charge is -2.16. The Morgan fingerprint density at radius 1 is 1.29 bits per heavy atom. The number of hydrogen-bond donors (Lipinski definition) is 1. The monoisotopic (exact) mass is 306 g/mol. The molecule has 2 atom stereocenters. The van der Waals surface area contributed by atoms with E-state index in [1.165, 1.54) is 18.2 Å². The van der Waals surface area contributed by atoms with Crippen LogP contribution in [0, 0.1) is 0 Å². The van der Waals surface area contributed by atoms with Gasteiger partial charge in [-0.3, -0.25) is 0 Å². The molecule has 1 fully saturated rings. The van der Waals surface area contributed by atoms with Crippen LogP contribution in [0.2, 0.25) is 0 Å². The Bertz CT molecular complexity index is 503. The maximum absolute atomic E-state index is 12.2. The van der Waals surface area contributed by atoms with Crippen LogP contribution in [0.1, 0.15) is 12.8 Å². The van der Waals surface area contributed by atoms with Crippen LogP contribution in [0.5, 0.6) is 11.5 Å². The first-order valence-electron chi connectivity index (χ1n) is 6.21. The van der Waals surface area contributed by atoms with Crippen LogP contribution in [0.15, 0.2) is 24.3 Å². The van der Waals surface area contributed by atoms with E-state index in [2.05, 4.69) is 4.74 Å². The van der Waals surface area contributed by atoms with Gasteiger partial charge in [0, 0.05) is 0 Å². The first-order valence-corrected chi connectivity index (χ1v) is 6.21. The van der Waals surface area contributed by atoms with E-state index in [9.17, 15) is 18.0 Å². The van der Waals surface area contributed by atoms with Gasteiger partial charge < -0.3 is 19.3 Å². The van der Waals surface area contributed by atoms with Gasteiger partial charge in [-0.25, -0.2) is 4.79 Å². The molecule has 1 saturated heterocycles. The quantitative estimate of drug-likeness (QED) is 0.906. The summed E-state index contributed by atoms with van der Waals surface area (Å²) in [5.74, 6) is -1.58. The fourth-order valence-corrected chi connectivity index (χ4v) is 1.97. The molecule has 8 heteroatoms. The molecule has 0 spiro atoms. The van der Waals surface area contributed by atoms with Crippen LogP contribution in [0.3, 0.4) is 0 Å². The van der Waals surface area contributed by atoms with Crippen LogP contribution in [0.4, 0.5) is 13.2 Å². The number of rotatable bonds is 5. The number of para-hydroxylation sites is 2. The Hall–Kier alpha value is -1.96. The molecule has 2 unspecified atom stereocenters. The van der Waals surface area contributed by atoms with E-state index in [1.807, 2.05) is 0 Å². The van der Waals surface area contributed by atoms with Gasteiger partial charge in [0.25, 0.3) is 0 Å². The van der Waals surface area contributed by atoms with Crippen LogP contribution in [0.25, 0.3) is 0 Å². The zero-order valence-electron chi connectivity index (χ0n) is 10.8. The second kappa shape index (κ2) is 6.21. The minimum absolute atomic E-state index is 0.0397. The van der Waals surface area contributed by atoms with Gasteiger partial charge in [-0.1, -0.05) is 12.1 Å². The molecule has 1 aliphatic heterocycles. The van der Waals surface area contributed by atoms with Crippen molar-refractivity contribution in [1.82, 2.24) is 0 Å². The van der Waals surface area contributed by atoms with E-state index >= 15 is 0 Å². The molecule has 0 amide bonds. The first-order chi connectivity index (χ1) is 9.85. The molecule has 0 aliphatic carbocycles. The molecule has 1 aliphatic rings. The van der Waals surface area contributed by atoms with Crippen LogP contribution in [-0.2, 0) is 9.53 Å². The molecule has 1 N–H and O–H groups in total. The molecule has 1 aromatic rings. The Morgan fingerprint density at radius 2 is 1.95 bits per heavy atom. The second-order valence-corrected chi connectivity index (χ2v) is 4.47.